The molecular weight excluding hydrogens is 319 g/mol. The topological polar surface area (TPSA) is 50.3 Å². The molecule has 0 aliphatic carbocycles. The van der Waals surface area contributed by atoms with Crippen molar-refractivity contribution in [3.63, 3.8) is 0 Å². The summed E-state index contributed by atoms with van der Waals surface area (Å²) in [4.78, 5) is 10.5. The Morgan fingerprint density at radius 2 is 2.06 bits per heavy atom. The highest BCUT2D eigenvalue weighted by Crippen LogP contribution is 2.05. The number of ether oxygens (including phenoxy) is 1. The molecule has 0 saturated carbocycles. The molecule has 90 valence electrons. The number of nitrogens with zero attached hydrogens (tertiary/aromatic N) is 3. The van der Waals surface area contributed by atoms with Crippen LogP contribution >= 0.6 is 22.6 Å². The van der Waals surface area contributed by atoms with Crippen molar-refractivity contribution in [3.8, 4) is 0 Å². The largest absolute Gasteiger partial charge is 0.383 e. The van der Waals surface area contributed by atoms with Crippen LogP contribution < -0.4 is 10.2 Å². The van der Waals surface area contributed by atoms with Gasteiger partial charge in [0.15, 0.2) is 0 Å². The molecule has 1 rings (SSSR count). The van der Waals surface area contributed by atoms with Crippen molar-refractivity contribution in [3.05, 3.63) is 16.0 Å². The van der Waals surface area contributed by atoms with Gasteiger partial charge in [-0.25, -0.2) is 9.97 Å². The number of rotatable bonds is 7. The van der Waals surface area contributed by atoms with Gasteiger partial charge in [-0.1, -0.05) is 0 Å². The van der Waals surface area contributed by atoms with Crippen molar-refractivity contribution >= 4 is 28.5 Å². The predicted molar refractivity (Wildman–Crippen MR) is 72.8 cm³/mol. The highest BCUT2D eigenvalue weighted by molar-refractivity contribution is 14.1. The van der Waals surface area contributed by atoms with E-state index in [0.29, 0.717) is 0 Å². The summed E-state index contributed by atoms with van der Waals surface area (Å²) in [6, 6.07) is 0. The fourth-order valence-electron chi connectivity index (χ4n) is 1.15. The van der Waals surface area contributed by atoms with E-state index >= 15 is 0 Å². The molecular formula is C10H17IN4O. The summed E-state index contributed by atoms with van der Waals surface area (Å²) >= 11 is 2.19. The summed E-state index contributed by atoms with van der Waals surface area (Å²) in [5.74, 6) is 0.758. The van der Waals surface area contributed by atoms with Crippen LogP contribution in [0.1, 0.15) is 0 Å². The SMILES string of the molecule is COCCNCCN(C)c1ncc(I)cn1. The first-order chi connectivity index (χ1) is 7.74. The number of halogens is 1. The van der Waals surface area contributed by atoms with Crippen LogP contribution in [0.2, 0.25) is 0 Å². The molecule has 6 heteroatoms. The Hall–Kier alpha value is -0.470. The van der Waals surface area contributed by atoms with Gasteiger partial charge in [0.1, 0.15) is 0 Å². The van der Waals surface area contributed by atoms with Gasteiger partial charge in [-0.2, -0.15) is 0 Å². The molecule has 0 bridgehead atoms. The monoisotopic (exact) mass is 336 g/mol. The van der Waals surface area contributed by atoms with Crippen LogP contribution in [0.15, 0.2) is 12.4 Å². The van der Waals surface area contributed by atoms with E-state index < -0.39 is 0 Å². The first-order valence-corrected chi connectivity index (χ1v) is 6.20. The maximum Gasteiger partial charge on any atom is 0.225 e. The predicted octanol–water partition coefficient (Wildman–Crippen LogP) is 0.753. The van der Waals surface area contributed by atoms with Crippen LogP contribution in [0.4, 0.5) is 5.95 Å². The third-order valence-corrected chi connectivity index (χ3v) is 2.61. The molecule has 5 nitrogen and oxygen atoms in total. The molecule has 0 aliphatic rings. The fourth-order valence-corrected chi connectivity index (χ4v) is 1.43. The zero-order valence-electron chi connectivity index (χ0n) is 9.61. The summed E-state index contributed by atoms with van der Waals surface area (Å²) < 4.78 is 5.99. The number of anilines is 1. The van der Waals surface area contributed by atoms with Gasteiger partial charge in [0.25, 0.3) is 0 Å². The standard InChI is InChI=1S/C10H17IN4O/c1-15(5-3-12-4-6-16-2)10-13-7-9(11)8-14-10/h7-8,12H,3-6H2,1-2H3. The molecule has 1 aromatic heterocycles. The van der Waals surface area contributed by atoms with Gasteiger partial charge in [0.2, 0.25) is 5.95 Å². The third kappa shape index (κ3) is 5.04. The number of methoxy groups -OCH3 is 1. The Labute approximate surface area is 110 Å². The Morgan fingerprint density at radius 1 is 1.38 bits per heavy atom. The third-order valence-electron chi connectivity index (χ3n) is 2.06. The molecule has 0 unspecified atom stereocenters. The van der Waals surface area contributed by atoms with Crippen molar-refractivity contribution < 1.29 is 4.74 Å². The van der Waals surface area contributed by atoms with Gasteiger partial charge >= 0.3 is 0 Å². The van der Waals surface area contributed by atoms with Crippen molar-refractivity contribution in [1.29, 1.82) is 0 Å². The summed E-state index contributed by atoms with van der Waals surface area (Å²) in [6.07, 6.45) is 3.63. The minimum atomic E-state index is 0.740. The van der Waals surface area contributed by atoms with Crippen LogP contribution in [0, 0.1) is 3.57 Å². The molecule has 0 radical (unpaired) electrons. The fraction of sp³-hybridized carbons (Fsp3) is 0.600. The summed E-state index contributed by atoms with van der Waals surface area (Å²) in [6.45, 7) is 3.39. The lowest BCUT2D eigenvalue weighted by Gasteiger charge is -2.16. The lowest BCUT2D eigenvalue weighted by atomic mass is 10.5. The second-order valence-electron chi connectivity index (χ2n) is 3.37. The van der Waals surface area contributed by atoms with E-state index in [0.717, 1.165) is 35.8 Å². The van der Waals surface area contributed by atoms with E-state index in [-0.39, 0.29) is 0 Å². The van der Waals surface area contributed by atoms with E-state index in [1.165, 1.54) is 0 Å². The summed E-state index contributed by atoms with van der Waals surface area (Å²) in [5.41, 5.74) is 0. The number of nitrogens with one attached hydrogen (secondary N) is 1. The Bertz CT molecular complexity index is 293. The van der Waals surface area contributed by atoms with E-state index in [9.17, 15) is 0 Å². The smallest absolute Gasteiger partial charge is 0.225 e. The Balaban J connectivity index is 2.24. The molecule has 0 aromatic carbocycles. The van der Waals surface area contributed by atoms with Gasteiger partial charge in [0, 0.05) is 49.8 Å². The summed E-state index contributed by atoms with van der Waals surface area (Å²) in [7, 11) is 3.69. The first-order valence-electron chi connectivity index (χ1n) is 5.12. The maximum absolute atomic E-state index is 4.95. The van der Waals surface area contributed by atoms with Crippen molar-refractivity contribution in [2.75, 3.05) is 45.3 Å². The molecule has 1 aromatic rings. The molecule has 0 spiro atoms. The highest BCUT2D eigenvalue weighted by atomic mass is 127. The molecule has 0 aliphatic heterocycles. The Kier molecular flexibility index (Phi) is 6.58. The lowest BCUT2D eigenvalue weighted by Crippen LogP contribution is -2.31. The number of hydrogen-bond donors (Lipinski definition) is 1. The van der Waals surface area contributed by atoms with E-state index in [2.05, 4.69) is 37.9 Å². The zero-order chi connectivity index (χ0) is 11.8. The molecule has 0 amide bonds. The van der Waals surface area contributed by atoms with Gasteiger partial charge in [0.05, 0.1) is 6.61 Å². The molecule has 0 atom stereocenters. The van der Waals surface area contributed by atoms with Gasteiger partial charge < -0.3 is 15.0 Å². The lowest BCUT2D eigenvalue weighted by molar-refractivity contribution is 0.200. The van der Waals surface area contributed by atoms with E-state index in [4.69, 9.17) is 4.74 Å². The molecule has 1 N–H and O–H groups in total. The molecule has 0 saturated heterocycles. The minimum absolute atomic E-state index is 0.740. The summed E-state index contributed by atoms with van der Waals surface area (Å²) in [5, 5.41) is 3.27. The molecule has 1 heterocycles. The Morgan fingerprint density at radius 3 is 2.69 bits per heavy atom. The quantitative estimate of drug-likeness (QED) is 0.588. The normalized spacial score (nSPS) is 10.4. The van der Waals surface area contributed by atoms with Crippen LogP contribution in [-0.4, -0.2) is 50.4 Å². The number of likely N-dealkylation sites (N-methyl/N-ethyl adjacent to an activating group) is 1. The van der Waals surface area contributed by atoms with Gasteiger partial charge in [-0.15, -0.1) is 0 Å². The van der Waals surface area contributed by atoms with Crippen LogP contribution in [0.5, 0.6) is 0 Å². The highest BCUT2D eigenvalue weighted by Gasteiger charge is 2.02. The second-order valence-corrected chi connectivity index (χ2v) is 4.61. The second kappa shape index (κ2) is 7.75. The van der Waals surface area contributed by atoms with Crippen LogP contribution in [0.3, 0.4) is 0 Å². The van der Waals surface area contributed by atoms with Gasteiger partial charge in [-0.05, 0) is 22.6 Å². The maximum atomic E-state index is 4.95. The average molecular weight is 336 g/mol. The van der Waals surface area contributed by atoms with Crippen LogP contribution in [-0.2, 0) is 4.74 Å². The number of hydrogen-bond acceptors (Lipinski definition) is 5. The van der Waals surface area contributed by atoms with Gasteiger partial charge in [-0.3, -0.25) is 0 Å². The van der Waals surface area contributed by atoms with Crippen LogP contribution in [0.25, 0.3) is 0 Å². The zero-order valence-corrected chi connectivity index (χ0v) is 11.8. The average Bonchev–Trinajstić information content (AvgIpc) is 2.29. The van der Waals surface area contributed by atoms with Crippen molar-refractivity contribution in [1.82, 2.24) is 15.3 Å². The molecule has 0 fully saturated rings. The number of aromatic nitrogens is 2. The minimum Gasteiger partial charge on any atom is -0.383 e. The van der Waals surface area contributed by atoms with E-state index in [1.54, 1.807) is 7.11 Å². The van der Waals surface area contributed by atoms with Crippen molar-refractivity contribution in [2.45, 2.75) is 0 Å². The van der Waals surface area contributed by atoms with Crippen molar-refractivity contribution in [2.24, 2.45) is 0 Å². The first kappa shape index (κ1) is 13.6. The van der Waals surface area contributed by atoms with E-state index in [1.807, 2.05) is 24.3 Å². The molecule has 16 heavy (non-hydrogen) atoms.